The number of nitrogens with zero attached hydrogens (tertiary/aromatic N) is 1. The molecule has 2 heterocycles. The normalized spacial score (nSPS) is 19.3. The molecule has 0 radical (unpaired) electrons. The first-order valence-electron chi connectivity index (χ1n) is 15.2. The van der Waals surface area contributed by atoms with E-state index in [1.165, 1.54) is 23.5 Å². The Bertz CT molecular complexity index is 1710. The first-order valence-corrected chi connectivity index (χ1v) is 18.1. The van der Waals surface area contributed by atoms with Gasteiger partial charge in [0.1, 0.15) is 24.2 Å². The van der Waals surface area contributed by atoms with Crippen LogP contribution in [0.1, 0.15) is 24.8 Å². The molecule has 14 heteroatoms. The van der Waals surface area contributed by atoms with Crippen LogP contribution in [-0.2, 0) is 31.3 Å². The Labute approximate surface area is 270 Å². The van der Waals surface area contributed by atoms with Gasteiger partial charge in [-0.2, -0.15) is 4.31 Å². The minimum Gasteiger partial charge on any atom is -0.496 e. The summed E-state index contributed by atoms with van der Waals surface area (Å²) in [4.78, 5) is 0.288. The van der Waals surface area contributed by atoms with E-state index in [-0.39, 0.29) is 29.0 Å². The van der Waals surface area contributed by atoms with E-state index in [2.05, 4.69) is 10.0 Å². The molecule has 0 saturated carbocycles. The van der Waals surface area contributed by atoms with Gasteiger partial charge in [0.2, 0.25) is 20.0 Å². The zero-order valence-corrected chi connectivity index (χ0v) is 27.6. The Morgan fingerprint density at radius 2 is 1.78 bits per heavy atom. The van der Waals surface area contributed by atoms with Crippen molar-refractivity contribution in [1.82, 2.24) is 14.3 Å². The molecule has 1 unspecified atom stereocenters. The maximum atomic E-state index is 13.7. The number of nitrogens with one attached hydrogen (secondary N) is 2. The van der Waals surface area contributed by atoms with Crippen LogP contribution >= 0.6 is 0 Å². The van der Waals surface area contributed by atoms with Crippen molar-refractivity contribution in [2.75, 3.05) is 47.0 Å². The molecule has 2 aliphatic heterocycles. The number of hydrogen-bond acceptors (Lipinski definition) is 10. The second-order valence-corrected chi connectivity index (χ2v) is 15.4. The summed E-state index contributed by atoms with van der Waals surface area (Å²) in [6.45, 7) is 1.78. The number of hydrogen-bond donors (Lipinski definition) is 4. The molecule has 2 fully saturated rings. The van der Waals surface area contributed by atoms with Crippen molar-refractivity contribution < 1.29 is 36.2 Å². The van der Waals surface area contributed by atoms with Crippen LogP contribution in [0, 0.1) is 0 Å². The second-order valence-electron chi connectivity index (χ2n) is 11.6. The van der Waals surface area contributed by atoms with E-state index in [9.17, 15) is 21.9 Å². The van der Waals surface area contributed by atoms with Gasteiger partial charge in [0.15, 0.2) is 0 Å². The molecule has 250 valence electrons. The number of benzene rings is 3. The van der Waals surface area contributed by atoms with Gasteiger partial charge in [0, 0.05) is 43.9 Å². The number of ether oxygens (including phenoxy) is 3. The molecule has 3 aromatic carbocycles. The van der Waals surface area contributed by atoms with Gasteiger partial charge in [0.05, 0.1) is 29.1 Å². The Morgan fingerprint density at radius 3 is 2.46 bits per heavy atom. The number of sulfonamides is 2. The number of nitrogens with two attached hydrogens (primary N) is 1. The molecule has 3 aromatic rings. The average Bonchev–Trinajstić information content (AvgIpc) is 3.48. The number of piperidine rings is 1. The molecule has 2 atom stereocenters. The Hall–Kier alpha value is -3.08. The average molecular weight is 675 g/mol. The second kappa shape index (κ2) is 14.4. The summed E-state index contributed by atoms with van der Waals surface area (Å²) in [5.74, 6) is 0.924. The summed E-state index contributed by atoms with van der Waals surface area (Å²) in [6, 6.07) is 18.7. The lowest BCUT2D eigenvalue weighted by molar-refractivity contribution is -0.0312. The lowest BCUT2D eigenvalue weighted by Crippen LogP contribution is -2.47. The first kappa shape index (κ1) is 34.3. The molecule has 0 amide bonds. The number of rotatable bonds is 13. The molecule has 0 aromatic heterocycles. The van der Waals surface area contributed by atoms with Gasteiger partial charge < -0.3 is 30.4 Å². The van der Waals surface area contributed by atoms with Gasteiger partial charge in [-0.25, -0.2) is 21.6 Å². The van der Waals surface area contributed by atoms with Crippen molar-refractivity contribution in [3.63, 3.8) is 0 Å². The largest absolute Gasteiger partial charge is 0.496 e. The molecular weight excluding hydrogens is 633 g/mol. The van der Waals surface area contributed by atoms with Crippen LogP contribution in [0.25, 0.3) is 11.1 Å². The maximum Gasteiger partial charge on any atom is 0.243 e. The minimum atomic E-state index is -3.75. The van der Waals surface area contributed by atoms with Gasteiger partial charge in [-0.05, 0) is 67.8 Å². The molecule has 2 saturated heterocycles. The zero-order valence-electron chi connectivity index (χ0n) is 26.0. The van der Waals surface area contributed by atoms with Crippen LogP contribution in [0.4, 0.5) is 0 Å². The summed E-state index contributed by atoms with van der Waals surface area (Å²) in [5.41, 5.74) is 7.81. The molecule has 0 bridgehead atoms. The van der Waals surface area contributed by atoms with Crippen LogP contribution in [0.15, 0.2) is 76.5 Å². The fraction of sp³-hybridized carbons (Fsp3) is 0.438. The van der Waals surface area contributed by atoms with Crippen LogP contribution in [-0.4, -0.2) is 91.0 Å². The molecule has 0 aliphatic carbocycles. The van der Waals surface area contributed by atoms with Crippen molar-refractivity contribution in [3.05, 3.63) is 72.3 Å². The third-order valence-electron chi connectivity index (χ3n) is 8.62. The van der Waals surface area contributed by atoms with Crippen molar-refractivity contribution in [3.8, 4) is 22.6 Å². The Balaban J connectivity index is 1.13. The van der Waals surface area contributed by atoms with Crippen LogP contribution in [0.2, 0.25) is 0 Å². The summed E-state index contributed by atoms with van der Waals surface area (Å²) in [7, 11) is -4.45. The van der Waals surface area contributed by atoms with Crippen LogP contribution < -0.4 is 25.2 Å². The van der Waals surface area contributed by atoms with Crippen molar-refractivity contribution in [2.24, 2.45) is 5.73 Å². The summed E-state index contributed by atoms with van der Waals surface area (Å²) < 4.78 is 72.6. The lowest BCUT2D eigenvalue weighted by atomic mass is 9.88. The van der Waals surface area contributed by atoms with E-state index in [4.69, 9.17) is 19.9 Å². The quantitative estimate of drug-likeness (QED) is 0.211. The van der Waals surface area contributed by atoms with E-state index in [0.717, 1.165) is 11.1 Å². The molecule has 2 aliphatic rings. The van der Waals surface area contributed by atoms with Gasteiger partial charge in [0.25, 0.3) is 0 Å². The van der Waals surface area contributed by atoms with Crippen molar-refractivity contribution in [2.45, 2.75) is 53.3 Å². The van der Waals surface area contributed by atoms with E-state index in [1.54, 1.807) is 37.4 Å². The van der Waals surface area contributed by atoms with E-state index in [1.807, 2.05) is 24.3 Å². The lowest BCUT2D eigenvalue weighted by Gasteiger charge is -2.38. The monoisotopic (exact) mass is 674 g/mol. The number of aliphatic hydroxyl groups excluding tert-OH is 1. The molecule has 5 N–H and O–H groups in total. The first-order chi connectivity index (χ1) is 22.0. The topological polar surface area (TPSA) is 170 Å². The van der Waals surface area contributed by atoms with Gasteiger partial charge in [-0.15, -0.1) is 0 Å². The highest BCUT2D eigenvalue weighted by Gasteiger charge is 2.44. The highest BCUT2D eigenvalue weighted by atomic mass is 32.2. The van der Waals surface area contributed by atoms with Gasteiger partial charge in [-0.1, -0.05) is 30.3 Å². The maximum absolute atomic E-state index is 13.7. The highest BCUT2D eigenvalue weighted by Crippen LogP contribution is 2.39. The summed E-state index contributed by atoms with van der Waals surface area (Å²) >= 11 is 0. The van der Waals surface area contributed by atoms with E-state index in [0.29, 0.717) is 62.6 Å². The van der Waals surface area contributed by atoms with Crippen molar-refractivity contribution >= 4 is 20.0 Å². The van der Waals surface area contributed by atoms with E-state index < -0.39 is 31.8 Å². The van der Waals surface area contributed by atoms with E-state index >= 15 is 0 Å². The zero-order chi connectivity index (χ0) is 33.0. The minimum absolute atomic E-state index is 0.00304. The number of methoxy groups -OCH3 is 1. The predicted molar refractivity (Wildman–Crippen MR) is 174 cm³/mol. The highest BCUT2D eigenvalue weighted by molar-refractivity contribution is 7.89. The molecule has 12 nitrogen and oxygen atoms in total. The molecule has 1 spiro atoms. The SMILES string of the molecule is CNS(=O)(=O)c1cccc(OC[C@@H](O)CNC2COC3(CCN(S(=O)(=O)c4ccc(OC)c(-c5ccc(CN)cc5)c4)CC3)C2)c1. The summed E-state index contributed by atoms with van der Waals surface area (Å²) in [5, 5.41) is 13.8. The smallest absolute Gasteiger partial charge is 0.243 e. The van der Waals surface area contributed by atoms with Crippen molar-refractivity contribution in [1.29, 1.82) is 0 Å². The third kappa shape index (κ3) is 7.72. The molecular formula is C32H42N4O8S2. The fourth-order valence-corrected chi connectivity index (χ4v) is 8.14. The Kier molecular flexibility index (Phi) is 10.7. The van der Waals surface area contributed by atoms with Crippen LogP contribution in [0.5, 0.6) is 11.5 Å². The molecule has 46 heavy (non-hydrogen) atoms. The van der Waals surface area contributed by atoms with Crippen LogP contribution in [0.3, 0.4) is 0 Å². The summed E-state index contributed by atoms with van der Waals surface area (Å²) in [6.07, 6.45) is 0.988. The number of aliphatic hydroxyl groups is 1. The Morgan fingerprint density at radius 1 is 1.04 bits per heavy atom. The molecule has 5 rings (SSSR count). The van der Waals surface area contributed by atoms with Gasteiger partial charge in [-0.3, -0.25) is 0 Å². The third-order valence-corrected chi connectivity index (χ3v) is 11.9. The standard InChI is InChI=1S/C32H42N4O8S2/c1-34-45(38,39)28-5-3-4-27(16-28)43-22-26(37)20-35-25-18-32(44-21-25)12-14-36(15-13-32)46(40,41)29-10-11-31(42-2)30(17-29)24-8-6-23(19-33)7-9-24/h3-11,16-17,25-26,34-35,37H,12-15,18-22,33H2,1-2H3/t25?,26-/m0/s1. The predicted octanol–water partition coefficient (Wildman–Crippen LogP) is 2.07. The van der Waals surface area contributed by atoms with Gasteiger partial charge >= 0.3 is 0 Å². The fourth-order valence-electron chi connectivity index (χ4n) is 5.90.